The molecule has 0 unspecified atom stereocenters. The van der Waals surface area contributed by atoms with E-state index < -0.39 is 0 Å². The van der Waals surface area contributed by atoms with Crippen molar-refractivity contribution < 1.29 is 9.84 Å². The van der Waals surface area contributed by atoms with Crippen molar-refractivity contribution in [3.05, 3.63) is 59.2 Å². The molecule has 0 radical (unpaired) electrons. The van der Waals surface area contributed by atoms with Gasteiger partial charge in [-0.3, -0.25) is 0 Å². The molecule has 0 spiro atoms. The topological polar surface area (TPSA) is 65.3 Å². The zero-order valence-corrected chi connectivity index (χ0v) is 11.3. The van der Waals surface area contributed by atoms with E-state index in [1.807, 2.05) is 24.3 Å². The maximum atomic E-state index is 9.52. The lowest BCUT2D eigenvalue weighted by Crippen LogP contribution is -2.12. The van der Waals surface area contributed by atoms with Gasteiger partial charge in [0.05, 0.1) is 18.7 Å². The number of methoxy groups -OCH3 is 1. The SMILES string of the molecule is COc1cc(CNCc2cccc(C#N)c2)ccc1O. The van der Waals surface area contributed by atoms with Gasteiger partial charge in [-0.15, -0.1) is 0 Å². The minimum absolute atomic E-state index is 0.137. The van der Waals surface area contributed by atoms with Crippen LogP contribution in [0.4, 0.5) is 0 Å². The molecule has 2 N–H and O–H groups in total. The van der Waals surface area contributed by atoms with E-state index >= 15 is 0 Å². The molecule has 0 saturated heterocycles. The fraction of sp³-hybridized carbons (Fsp3) is 0.188. The Hall–Kier alpha value is -2.51. The molecule has 0 aromatic heterocycles. The van der Waals surface area contributed by atoms with E-state index in [1.54, 1.807) is 18.2 Å². The van der Waals surface area contributed by atoms with Gasteiger partial charge in [0.15, 0.2) is 11.5 Å². The lowest BCUT2D eigenvalue weighted by Gasteiger charge is -2.08. The monoisotopic (exact) mass is 268 g/mol. The number of rotatable bonds is 5. The van der Waals surface area contributed by atoms with Crippen LogP contribution in [-0.4, -0.2) is 12.2 Å². The summed E-state index contributed by atoms with van der Waals surface area (Å²) in [6.45, 7) is 1.34. The first-order valence-electron chi connectivity index (χ1n) is 6.28. The van der Waals surface area contributed by atoms with Crippen LogP contribution in [0.2, 0.25) is 0 Å². The van der Waals surface area contributed by atoms with Crippen molar-refractivity contribution in [3.8, 4) is 17.6 Å². The van der Waals surface area contributed by atoms with Gasteiger partial charge in [-0.2, -0.15) is 5.26 Å². The quantitative estimate of drug-likeness (QED) is 0.874. The van der Waals surface area contributed by atoms with Crippen LogP contribution >= 0.6 is 0 Å². The summed E-state index contributed by atoms with van der Waals surface area (Å²) in [5.41, 5.74) is 2.75. The molecule has 0 saturated carbocycles. The lowest BCUT2D eigenvalue weighted by atomic mass is 10.1. The Balaban J connectivity index is 1.94. The largest absolute Gasteiger partial charge is 0.504 e. The first kappa shape index (κ1) is 13.9. The van der Waals surface area contributed by atoms with E-state index in [4.69, 9.17) is 10.00 Å². The third kappa shape index (κ3) is 3.50. The summed E-state index contributed by atoms with van der Waals surface area (Å²) >= 11 is 0. The van der Waals surface area contributed by atoms with Gasteiger partial charge in [-0.25, -0.2) is 0 Å². The number of ether oxygens (including phenoxy) is 1. The summed E-state index contributed by atoms with van der Waals surface area (Å²) in [6, 6.07) is 14.9. The molecule has 0 aliphatic heterocycles. The summed E-state index contributed by atoms with van der Waals surface area (Å²) in [5.74, 6) is 0.605. The van der Waals surface area contributed by atoms with Crippen LogP contribution in [0.25, 0.3) is 0 Å². The second kappa shape index (κ2) is 6.60. The number of nitrogens with one attached hydrogen (secondary N) is 1. The van der Waals surface area contributed by atoms with Gasteiger partial charge in [0.25, 0.3) is 0 Å². The molecule has 0 aliphatic carbocycles. The number of benzene rings is 2. The molecule has 4 nitrogen and oxygen atoms in total. The van der Waals surface area contributed by atoms with Gasteiger partial charge in [0.1, 0.15) is 0 Å². The summed E-state index contributed by atoms with van der Waals surface area (Å²) in [5, 5.41) is 21.7. The van der Waals surface area contributed by atoms with Crippen molar-refractivity contribution in [1.29, 1.82) is 5.26 Å². The van der Waals surface area contributed by atoms with Crippen LogP contribution in [0.15, 0.2) is 42.5 Å². The molecule has 20 heavy (non-hydrogen) atoms. The molecular weight excluding hydrogens is 252 g/mol. The molecule has 2 rings (SSSR count). The predicted octanol–water partition coefficient (Wildman–Crippen LogP) is 2.56. The second-order valence-corrected chi connectivity index (χ2v) is 4.42. The Kier molecular flexibility index (Phi) is 4.59. The highest BCUT2D eigenvalue weighted by atomic mass is 16.5. The Labute approximate surface area is 118 Å². The molecule has 0 atom stereocenters. The molecule has 4 heteroatoms. The molecular formula is C16H16N2O2. The zero-order chi connectivity index (χ0) is 14.4. The summed E-state index contributed by atoms with van der Waals surface area (Å²) < 4.78 is 5.07. The Bertz CT molecular complexity index is 633. The van der Waals surface area contributed by atoms with E-state index in [-0.39, 0.29) is 5.75 Å². The van der Waals surface area contributed by atoms with Crippen LogP contribution in [0, 0.1) is 11.3 Å². The van der Waals surface area contributed by atoms with E-state index in [1.165, 1.54) is 7.11 Å². The number of nitrogens with zero attached hydrogens (tertiary/aromatic N) is 1. The van der Waals surface area contributed by atoms with Crippen LogP contribution in [0.1, 0.15) is 16.7 Å². The van der Waals surface area contributed by atoms with Crippen LogP contribution in [-0.2, 0) is 13.1 Å². The van der Waals surface area contributed by atoms with Crippen molar-refractivity contribution in [2.24, 2.45) is 0 Å². The fourth-order valence-corrected chi connectivity index (χ4v) is 1.93. The van der Waals surface area contributed by atoms with Crippen molar-refractivity contribution >= 4 is 0 Å². The standard InChI is InChI=1S/C16H16N2O2/c1-20-16-8-14(5-6-15(16)19)11-18-10-13-4-2-3-12(7-13)9-17/h2-8,18-19H,10-11H2,1H3. The molecule has 2 aromatic rings. The van der Waals surface area contributed by atoms with Gasteiger partial charge >= 0.3 is 0 Å². The normalized spacial score (nSPS) is 10.0. The highest BCUT2D eigenvalue weighted by Gasteiger charge is 2.02. The number of hydrogen-bond acceptors (Lipinski definition) is 4. The fourth-order valence-electron chi connectivity index (χ4n) is 1.93. The van der Waals surface area contributed by atoms with Crippen LogP contribution in [0.3, 0.4) is 0 Å². The van der Waals surface area contributed by atoms with E-state index in [9.17, 15) is 5.11 Å². The van der Waals surface area contributed by atoms with Crippen molar-refractivity contribution in [2.45, 2.75) is 13.1 Å². The molecule has 2 aromatic carbocycles. The van der Waals surface area contributed by atoms with Crippen molar-refractivity contribution in [2.75, 3.05) is 7.11 Å². The molecule has 0 bridgehead atoms. The highest BCUT2D eigenvalue weighted by molar-refractivity contribution is 5.41. The third-order valence-electron chi connectivity index (χ3n) is 2.96. The van der Waals surface area contributed by atoms with E-state index in [2.05, 4.69) is 11.4 Å². The van der Waals surface area contributed by atoms with Gasteiger partial charge in [0, 0.05) is 13.1 Å². The molecule has 0 heterocycles. The summed E-state index contributed by atoms with van der Waals surface area (Å²) in [4.78, 5) is 0. The average Bonchev–Trinajstić information content (AvgIpc) is 2.49. The Morgan fingerprint density at radius 2 is 1.90 bits per heavy atom. The van der Waals surface area contributed by atoms with Crippen LogP contribution < -0.4 is 10.1 Å². The lowest BCUT2D eigenvalue weighted by molar-refractivity contribution is 0.373. The first-order chi connectivity index (χ1) is 9.72. The maximum Gasteiger partial charge on any atom is 0.160 e. The number of aromatic hydroxyl groups is 1. The number of nitriles is 1. The van der Waals surface area contributed by atoms with Crippen molar-refractivity contribution in [1.82, 2.24) is 5.32 Å². The minimum atomic E-state index is 0.137. The zero-order valence-electron chi connectivity index (χ0n) is 11.3. The van der Waals surface area contributed by atoms with E-state index in [0.717, 1.165) is 11.1 Å². The van der Waals surface area contributed by atoms with Crippen LogP contribution in [0.5, 0.6) is 11.5 Å². The Morgan fingerprint density at radius 3 is 2.60 bits per heavy atom. The van der Waals surface area contributed by atoms with Crippen molar-refractivity contribution in [3.63, 3.8) is 0 Å². The van der Waals surface area contributed by atoms with Gasteiger partial charge in [-0.05, 0) is 35.4 Å². The summed E-state index contributed by atoms with van der Waals surface area (Å²) in [6.07, 6.45) is 0. The van der Waals surface area contributed by atoms with E-state index in [0.29, 0.717) is 24.4 Å². The van der Waals surface area contributed by atoms with Gasteiger partial charge < -0.3 is 15.2 Å². The maximum absolute atomic E-state index is 9.52. The smallest absolute Gasteiger partial charge is 0.160 e. The second-order valence-electron chi connectivity index (χ2n) is 4.42. The first-order valence-corrected chi connectivity index (χ1v) is 6.28. The minimum Gasteiger partial charge on any atom is -0.504 e. The number of phenols is 1. The molecule has 0 amide bonds. The van der Waals surface area contributed by atoms with Gasteiger partial charge in [0.2, 0.25) is 0 Å². The predicted molar refractivity (Wildman–Crippen MR) is 76.4 cm³/mol. The van der Waals surface area contributed by atoms with Gasteiger partial charge in [-0.1, -0.05) is 18.2 Å². The summed E-state index contributed by atoms with van der Waals surface area (Å²) in [7, 11) is 1.53. The number of phenolic OH excluding ortho intramolecular Hbond substituents is 1. The molecule has 102 valence electrons. The Morgan fingerprint density at radius 1 is 1.15 bits per heavy atom. The molecule has 0 aliphatic rings. The number of hydrogen-bond donors (Lipinski definition) is 2. The average molecular weight is 268 g/mol. The third-order valence-corrected chi connectivity index (χ3v) is 2.96. The molecule has 0 fully saturated rings. The highest BCUT2D eigenvalue weighted by Crippen LogP contribution is 2.26.